The first-order valence-corrected chi connectivity index (χ1v) is 15.3. The van der Waals surface area contributed by atoms with Crippen LogP contribution in [0.3, 0.4) is 0 Å². The maximum absolute atomic E-state index is 6.16. The van der Waals surface area contributed by atoms with E-state index in [-0.39, 0.29) is 12.8 Å². The summed E-state index contributed by atoms with van der Waals surface area (Å²) in [5, 5.41) is 0. The van der Waals surface area contributed by atoms with Crippen LogP contribution >= 0.6 is 68.0 Å². The van der Waals surface area contributed by atoms with Gasteiger partial charge in [-0.1, -0.05) is 47.9 Å². The molecule has 0 spiro atoms. The molecule has 0 aliphatic carbocycles. The van der Waals surface area contributed by atoms with Gasteiger partial charge in [-0.3, -0.25) is 0 Å². The molecule has 0 heterocycles. The van der Waals surface area contributed by atoms with Crippen molar-refractivity contribution >= 4 is 89.7 Å². The van der Waals surface area contributed by atoms with E-state index < -0.39 is 13.3 Å². The summed E-state index contributed by atoms with van der Waals surface area (Å²) in [6, 6.07) is 0. The summed E-state index contributed by atoms with van der Waals surface area (Å²) in [6.07, 6.45) is 0. The molecule has 0 fully saturated rings. The fourth-order valence-corrected chi connectivity index (χ4v) is 19.5. The zero-order chi connectivity index (χ0) is 10.9. The van der Waals surface area contributed by atoms with Gasteiger partial charge in [0.05, 0.1) is 0 Å². The van der Waals surface area contributed by atoms with Crippen molar-refractivity contribution in [1.29, 1.82) is 0 Å². The van der Waals surface area contributed by atoms with Crippen LogP contribution in [0, 0.1) is 0 Å². The topological polar surface area (TPSA) is 0 Å². The van der Waals surface area contributed by atoms with Crippen molar-refractivity contribution in [2.75, 3.05) is 0 Å². The molecule has 0 saturated carbocycles. The second kappa shape index (κ2) is 5.46. The third kappa shape index (κ3) is 3.57. The van der Waals surface area contributed by atoms with Gasteiger partial charge in [0.15, 0.2) is 8.35 Å². The largest absolute Gasteiger partial charge is 0.247 e. The second-order valence-corrected chi connectivity index (χ2v) is 29.4. The summed E-state index contributed by atoms with van der Waals surface area (Å²) in [4.78, 5) is 0. The predicted octanol–water partition coefficient (Wildman–Crippen LogP) is 4.47. The first kappa shape index (κ1) is 15.1. The zero-order valence-corrected chi connectivity index (χ0v) is 14.3. The number of halogens is 6. The molecule has 0 atom stereocenters. The lowest BCUT2D eigenvalue weighted by atomic mass is 11.2. The molecule has 0 nitrogen and oxygen atoms in total. The van der Waals surface area contributed by atoms with Crippen molar-refractivity contribution in [3.05, 3.63) is 9.15 Å². The maximum atomic E-state index is 6.16. The summed E-state index contributed by atoms with van der Waals surface area (Å²) in [5.74, 6) is 0. The lowest BCUT2D eigenvalue weighted by Crippen LogP contribution is -2.55. The summed E-state index contributed by atoms with van der Waals surface area (Å²) in [6.45, 7) is 3.84. The van der Waals surface area contributed by atoms with Gasteiger partial charge in [-0.05, 0) is 0 Å². The van der Waals surface area contributed by atoms with Gasteiger partial charge in [0.2, 0.25) is 5.73 Å². The molecule has 0 aliphatic heterocycles. The molecule has 0 saturated heterocycles. The monoisotopic (exact) mass is 348 g/mol. The van der Waals surface area contributed by atoms with Gasteiger partial charge in [-0.2, -0.15) is 33.2 Å². The minimum Gasteiger partial charge on any atom is -0.172 e. The highest BCUT2D eigenvalue weighted by Gasteiger charge is 2.50. The van der Waals surface area contributed by atoms with Gasteiger partial charge in [-0.15, -0.1) is 0 Å². The molecule has 0 aromatic rings. The average molecular weight is 351 g/mol. The summed E-state index contributed by atoms with van der Waals surface area (Å²) < 4.78 is 0.451. The van der Waals surface area contributed by atoms with Crippen LogP contribution in [0.5, 0.6) is 0 Å². The van der Waals surface area contributed by atoms with Crippen LogP contribution in [-0.4, -0.2) is 21.7 Å². The molecule has 0 N–H and O–H groups in total. The van der Waals surface area contributed by atoms with Crippen LogP contribution in [0.25, 0.3) is 0 Å². The Bertz CT molecular complexity index is 220. The van der Waals surface area contributed by atoms with Crippen LogP contribution in [0.4, 0.5) is 0 Å². The highest BCUT2D eigenvalue weighted by Crippen LogP contribution is 2.37. The lowest BCUT2D eigenvalue weighted by molar-refractivity contribution is 1.89. The fourth-order valence-electron chi connectivity index (χ4n) is 0.492. The van der Waals surface area contributed by atoms with Crippen molar-refractivity contribution in [1.82, 2.24) is 0 Å². The number of hydrogen-bond donors (Lipinski definition) is 0. The standard InChI is InChI=1S/C4H6Cl6Si3/c1-12(2,4(7)3(5)6)13(9,10)11-8/h1-2H3. The van der Waals surface area contributed by atoms with Crippen molar-refractivity contribution < 1.29 is 0 Å². The summed E-state index contributed by atoms with van der Waals surface area (Å²) in [7, 11) is -2.18. The van der Waals surface area contributed by atoms with Crippen molar-refractivity contribution in [3.63, 3.8) is 0 Å². The lowest BCUT2D eigenvalue weighted by Gasteiger charge is -2.30. The first-order valence-electron chi connectivity index (χ1n) is 3.13. The highest BCUT2D eigenvalue weighted by atomic mass is 35.7. The van der Waals surface area contributed by atoms with Crippen LogP contribution in [0.15, 0.2) is 9.15 Å². The molecule has 0 rings (SSSR count). The molecule has 0 bridgehead atoms. The summed E-state index contributed by atoms with van der Waals surface area (Å²) >= 11 is 35.2. The van der Waals surface area contributed by atoms with Crippen molar-refractivity contribution in [2.24, 2.45) is 0 Å². The van der Waals surface area contributed by atoms with Crippen molar-refractivity contribution in [3.8, 4) is 0 Å². The smallest absolute Gasteiger partial charge is 0.172 e. The third-order valence-electron chi connectivity index (χ3n) is 1.62. The SMILES string of the molecule is C[Si](C)(C(Cl)=C(Cl)Cl)[Si](Cl)(Cl)[Si]Cl. The van der Waals surface area contributed by atoms with E-state index in [9.17, 15) is 0 Å². The Labute approximate surface area is 111 Å². The third-order valence-corrected chi connectivity index (χ3v) is 36.6. The zero-order valence-electron chi connectivity index (χ0n) is 6.77. The fraction of sp³-hybridized carbons (Fsp3) is 0.500. The van der Waals surface area contributed by atoms with Gasteiger partial charge in [0.25, 0.3) is 0 Å². The molecule has 13 heavy (non-hydrogen) atoms. The molecular formula is C4H6Cl6Si3. The Morgan fingerprint density at radius 2 is 1.46 bits per heavy atom. The number of rotatable bonds is 3. The molecule has 76 valence electrons. The van der Waals surface area contributed by atoms with Gasteiger partial charge < -0.3 is 0 Å². The molecule has 0 unspecified atom stereocenters. The Hall–Kier alpha value is 2.13. The average Bonchev–Trinajstić information content (AvgIpc) is 2.02. The minimum atomic E-state index is -2.51. The van der Waals surface area contributed by atoms with Crippen LogP contribution in [0.2, 0.25) is 13.1 Å². The molecule has 0 amide bonds. The van der Waals surface area contributed by atoms with Gasteiger partial charge >= 0.3 is 0 Å². The second-order valence-electron chi connectivity index (χ2n) is 2.87. The minimum absolute atomic E-state index is 0.0108. The van der Waals surface area contributed by atoms with E-state index in [0.29, 0.717) is 4.66 Å². The van der Waals surface area contributed by atoms with E-state index in [1.165, 1.54) is 0 Å². The predicted molar refractivity (Wildman–Crippen MR) is 71.1 cm³/mol. The normalized spacial score (nSPS) is 12.9. The Balaban J connectivity index is 5.09. The van der Waals surface area contributed by atoms with E-state index in [1.54, 1.807) is 0 Å². The van der Waals surface area contributed by atoms with Crippen LogP contribution in [0.1, 0.15) is 0 Å². The molecular weight excluding hydrogens is 345 g/mol. The van der Waals surface area contributed by atoms with Crippen LogP contribution < -0.4 is 0 Å². The van der Waals surface area contributed by atoms with E-state index in [2.05, 4.69) is 0 Å². The van der Waals surface area contributed by atoms with E-state index in [4.69, 9.17) is 68.0 Å². The molecule has 2 radical (unpaired) electrons. The molecule has 0 aromatic carbocycles. The maximum Gasteiger partial charge on any atom is 0.247 e. The van der Waals surface area contributed by atoms with E-state index in [0.717, 1.165) is 0 Å². The van der Waals surface area contributed by atoms with Gasteiger partial charge in [-0.25, -0.2) is 0 Å². The van der Waals surface area contributed by atoms with E-state index >= 15 is 0 Å². The van der Waals surface area contributed by atoms with Crippen LogP contribution in [-0.2, 0) is 0 Å². The Morgan fingerprint density at radius 3 is 1.69 bits per heavy atom. The number of hydrogen-bond acceptors (Lipinski definition) is 0. The first-order chi connectivity index (χ1) is 5.66. The quantitative estimate of drug-likeness (QED) is 0.520. The molecule has 9 heteroatoms. The highest BCUT2D eigenvalue weighted by molar-refractivity contribution is 7.95. The molecule has 0 aromatic heterocycles. The Morgan fingerprint density at radius 1 is 1.08 bits per heavy atom. The summed E-state index contributed by atoms with van der Waals surface area (Å²) in [5.41, 5.74) is -2.51. The van der Waals surface area contributed by atoms with Gasteiger partial charge in [0.1, 0.15) is 12.1 Å². The molecule has 0 aliphatic rings. The van der Waals surface area contributed by atoms with E-state index in [1.807, 2.05) is 13.1 Å². The van der Waals surface area contributed by atoms with Crippen molar-refractivity contribution in [2.45, 2.75) is 13.1 Å². The van der Waals surface area contributed by atoms with Gasteiger partial charge in [0, 0.05) is 4.66 Å². The Kier molecular flexibility index (Phi) is 6.35.